The first-order chi connectivity index (χ1) is 37.9. The zero-order valence-electron chi connectivity index (χ0n) is 52.6. The maximum Gasteiger partial charge on any atom is 0.469 e. The number of amides is 2. The maximum absolute atomic E-state index is 13.9. The van der Waals surface area contributed by atoms with Crippen LogP contribution in [0.5, 0.6) is 0 Å². The molecule has 4 fully saturated rings. The highest BCUT2D eigenvalue weighted by atomic mass is 32.1. The fourth-order valence-electron chi connectivity index (χ4n) is 10.4. The number of rotatable bonds is 15. The second-order valence-corrected chi connectivity index (χ2v) is 31.6. The lowest BCUT2D eigenvalue weighted by molar-refractivity contribution is -0.125. The van der Waals surface area contributed by atoms with E-state index in [1.807, 2.05) is 41.5 Å². The molecule has 2 aromatic rings. The fraction of sp³-hybridized carbons (Fsp3) is 0.742. The summed E-state index contributed by atoms with van der Waals surface area (Å²) in [5.41, 5.74) is 0.0869. The fourth-order valence-corrected chi connectivity index (χ4v) is 14.4. The Hall–Kier alpha value is -3.16. The van der Waals surface area contributed by atoms with Crippen LogP contribution in [0, 0.1) is 58.2 Å². The molecule has 3 radical (unpaired) electrons. The molecule has 0 spiro atoms. The van der Waals surface area contributed by atoms with Crippen molar-refractivity contribution >= 4 is 82.6 Å². The standard InChI is InChI=1S/C25H36NO7PS.C25H35NO4S.C12H28NO2P.B/c1-16-5-7-17(8-6-16)23(27)26(18-9-11-19(12-10-18)33-34(30,31)32)21-15-20(13-14-25(2,3)4)35-22(21)24(28)29;1-16-5-7-17(8-6-16)23(28)26(18-9-11-19(27)12-10-18)21-15-20(13-14-25(2,3)4)31-22(21)24(29)30;1-9-13(10-2)16(14-11(3,4)5)15-12(6,7)8;/h15-19H,5-12H2,1-4H3,(H,28,29)(H2,30,31,32);15-19,27H,5-12H2,1-4H3,(H,29,30);9-10H2,1-8H3;. The third-order valence-electron chi connectivity index (χ3n) is 14.7. The van der Waals surface area contributed by atoms with E-state index in [0.717, 1.165) is 87.1 Å². The molecule has 2 heterocycles. The lowest BCUT2D eigenvalue weighted by atomic mass is 9.81. The Labute approximate surface area is 508 Å². The van der Waals surface area contributed by atoms with Gasteiger partial charge in [-0.25, -0.2) is 18.8 Å². The molecule has 21 heteroatoms. The summed E-state index contributed by atoms with van der Waals surface area (Å²) in [5.74, 6) is 11.3. The smallest absolute Gasteiger partial charge is 0.469 e. The predicted molar refractivity (Wildman–Crippen MR) is 337 cm³/mol. The van der Waals surface area contributed by atoms with Gasteiger partial charge in [0.25, 0.3) is 8.53 Å². The highest BCUT2D eigenvalue weighted by Crippen LogP contribution is 2.49. The normalized spacial score (nSPS) is 23.3. The van der Waals surface area contributed by atoms with Crippen molar-refractivity contribution in [2.45, 2.75) is 249 Å². The number of aliphatic hydroxyl groups is 1. The highest BCUT2D eigenvalue weighted by molar-refractivity contribution is 7.46. The summed E-state index contributed by atoms with van der Waals surface area (Å²) in [5, 5.41) is 29.9. The van der Waals surface area contributed by atoms with E-state index in [0.29, 0.717) is 84.3 Å². The first-order valence-electron chi connectivity index (χ1n) is 29.7. The van der Waals surface area contributed by atoms with Crippen LogP contribution in [0.2, 0.25) is 0 Å². The molecule has 0 saturated heterocycles. The minimum atomic E-state index is -4.59. The van der Waals surface area contributed by atoms with E-state index in [9.17, 15) is 39.1 Å². The van der Waals surface area contributed by atoms with E-state index in [4.69, 9.17) is 23.4 Å². The van der Waals surface area contributed by atoms with E-state index in [-0.39, 0.29) is 82.0 Å². The number of carbonyl (C=O) groups is 4. The summed E-state index contributed by atoms with van der Waals surface area (Å²) in [6.07, 6.45) is 10.7. The SMILES string of the molecule is CC1CCC(C(=O)N(c2cc(C#CC(C)(C)C)sc2C(=O)O)C2CCC(O)CC2)CC1.CC1CCC(C(=O)N(c2cc(C#CC(C)(C)C)sc2C(=O)O)C2CCC(OP(=O)(O)O)CC2)CC1.CCN(CC)P(OC(C)(C)C)OC(C)(C)C.[B]. The van der Waals surface area contributed by atoms with Crippen molar-refractivity contribution in [1.29, 1.82) is 0 Å². The molecular weight excluding hydrogens is 1130 g/mol. The van der Waals surface area contributed by atoms with Crippen molar-refractivity contribution in [2.75, 3.05) is 22.9 Å². The molecule has 0 bridgehead atoms. The van der Waals surface area contributed by atoms with Crippen molar-refractivity contribution in [3.63, 3.8) is 0 Å². The molecule has 16 nitrogen and oxygen atoms in total. The number of thiophene rings is 2. The van der Waals surface area contributed by atoms with E-state index < -0.39 is 34.4 Å². The summed E-state index contributed by atoms with van der Waals surface area (Å²) >= 11 is 2.23. The van der Waals surface area contributed by atoms with Crippen LogP contribution in [0.3, 0.4) is 0 Å². The van der Waals surface area contributed by atoms with Gasteiger partial charge in [-0.3, -0.25) is 14.1 Å². The van der Waals surface area contributed by atoms with Crippen LogP contribution in [0.15, 0.2) is 12.1 Å². The number of aliphatic hydroxyl groups excluding tert-OH is 1. The number of carbonyl (C=O) groups excluding carboxylic acids is 2. The number of hydrogen-bond donors (Lipinski definition) is 5. The molecule has 0 atom stereocenters. The molecule has 465 valence electrons. The molecule has 0 unspecified atom stereocenters. The second kappa shape index (κ2) is 32.2. The Morgan fingerprint density at radius 3 is 1.22 bits per heavy atom. The van der Waals surface area contributed by atoms with Crippen LogP contribution >= 0.6 is 39.0 Å². The first kappa shape index (κ1) is 74.1. The van der Waals surface area contributed by atoms with Crippen molar-refractivity contribution in [1.82, 2.24) is 4.67 Å². The Bertz CT molecular complexity index is 2570. The van der Waals surface area contributed by atoms with Gasteiger partial charge in [0, 0.05) is 56.3 Å². The average Bonchev–Trinajstić information content (AvgIpc) is 4.14. The molecule has 2 aromatic heterocycles. The number of nitrogens with zero attached hydrogens (tertiary/aromatic N) is 3. The van der Waals surface area contributed by atoms with E-state index in [1.54, 1.807) is 21.9 Å². The topological polar surface area (TPSA) is 224 Å². The Balaban J connectivity index is 0.000000346. The van der Waals surface area contributed by atoms with Gasteiger partial charge in [-0.2, -0.15) is 0 Å². The molecule has 5 N–H and O–H groups in total. The van der Waals surface area contributed by atoms with Gasteiger partial charge in [-0.1, -0.05) is 51.4 Å². The molecule has 83 heavy (non-hydrogen) atoms. The van der Waals surface area contributed by atoms with Crippen LogP contribution in [-0.2, 0) is 27.7 Å². The van der Waals surface area contributed by atoms with Crippen LogP contribution < -0.4 is 9.80 Å². The third-order valence-corrected chi connectivity index (χ3v) is 19.7. The van der Waals surface area contributed by atoms with Gasteiger partial charge in [0.1, 0.15) is 9.75 Å². The van der Waals surface area contributed by atoms with Crippen LogP contribution in [0.4, 0.5) is 11.4 Å². The van der Waals surface area contributed by atoms with Crippen molar-refractivity contribution in [3.05, 3.63) is 31.6 Å². The molecule has 4 saturated carbocycles. The number of carboxylic acids is 2. The van der Waals surface area contributed by atoms with Gasteiger partial charge in [-0.05, 0) is 210 Å². The zero-order valence-corrected chi connectivity index (χ0v) is 56.1. The first-order valence-corrected chi connectivity index (χ1v) is 34.0. The zero-order chi connectivity index (χ0) is 61.7. The minimum Gasteiger partial charge on any atom is -0.477 e. The predicted octanol–water partition coefficient (Wildman–Crippen LogP) is 14.5. The molecule has 4 aliphatic carbocycles. The van der Waals surface area contributed by atoms with E-state index >= 15 is 0 Å². The second-order valence-electron chi connectivity index (χ2n) is 26.9. The van der Waals surface area contributed by atoms with Crippen LogP contribution in [0.25, 0.3) is 0 Å². The van der Waals surface area contributed by atoms with Crippen LogP contribution in [0.1, 0.15) is 243 Å². The highest BCUT2D eigenvalue weighted by Gasteiger charge is 2.40. The quantitative estimate of drug-likeness (QED) is 0.0636. The molecule has 0 aliphatic heterocycles. The summed E-state index contributed by atoms with van der Waals surface area (Å²) in [6, 6.07) is 3.16. The van der Waals surface area contributed by atoms with Gasteiger partial charge in [0.2, 0.25) is 11.8 Å². The van der Waals surface area contributed by atoms with Crippen molar-refractivity contribution in [2.24, 2.45) is 34.5 Å². The number of phosphoric acid groups is 1. The molecule has 6 rings (SSSR count). The van der Waals surface area contributed by atoms with E-state index in [2.05, 4.69) is 97.6 Å². The van der Waals surface area contributed by atoms with Crippen LogP contribution in [-0.4, -0.2) is 111 Å². The van der Waals surface area contributed by atoms with Gasteiger partial charge in [0.15, 0.2) is 0 Å². The Morgan fingerprint density at radius 1 is 0.590 bits per heavy atom. The minimum absolute atomic E-state index is 0. The summed E-state index contributed by atoms with van der Waals surface area (Å²) in [7, 11) is -5.56. The monoisotopic (exact) mass is 1230 g/mol. The number of anilines is 2. The molecule has 4 aliphatic rings. The Kier molecular flexibility index (Phi) is 28.7. The van der Waals surface area contributed by atoms with Gasteiger partial charge in [0.05, 0.1) is 44.5 Å². The molecule has 2 amide bonds. The van der Waals surface area contributed by atoms with Gasteiger partial charge >= 0.3 is 19.8 Å². The summed E-state index contributed by atoms with van der Waals surface area (Å²) in [6.45, 7) is 35.0. The summed E-state index contributed by atoms with van der Waals surface area (Å²) < 4.78 is 30.4. The lowest BCUT2D eigenvalue weighted by Gasteiger charge is -2.39. The van der Waals surface area contributed by atoms with Crippen molar-refractivity contribution in [3.8, 4) is 23.7 Å². The average molecular weight is 1230 g/mol. The van der Waals surface area contributed by atoms with Gasteiger partial charge in [-0.15, -0.1) is 22.7 Å². The summed E-state index contributed by atoms with van der Waals surface area (Å²) in [4.78, 5) is 75.2. The third kappa shape index (κ3) is 25.2. The largest absolute Gasteiger partial charge is 0.477 e. The number of aromatic carboxylic acids is 2. The Morgan fingerprint density at radius 2 is 0.928 bits per heavy atom. The van der Waals surface area contributed by atoms with Crippen molar-refractivity contribution < 1.29 is 62.4 Å². The molecular formula is C62H99BN3O13P2S2. The number of carboxylic acid groups (broad SMARTS) is 2. The van der Waals surface area contributed by atoms with E-state index in [1.165, 1.54) is 0 Å². The lowest BCUT2D eigenvalue weighted by Crippen LogP contribution is -2.47. The molecule has 0 aromatic carbocycles. The number of hydrogen-bond acceptors (Lipinski definition) is 12. The number of phosphoric ester groups is 1. The maximum atomic E-state index is 13.9. The van der Waals surface area contributed by atoms with Gasteiger partial charge < -0.3 is 44.0 Å².